The normalized spacial score (nSPS) is 18.1. The van der Waals surface area contributed by atoms with E-state index in [-0.39, 0.29) is 18.0 Å². The topological polar surface area (TPSA) is 133 Å². The molecule has 12 heteroatoms. The van der Waals surface area contributed by atoms with Gasteiger partial charge in [-0.3, -0.25) is 9.78 Å². The summed E-state index contributed by atoms with van der Waals surface area (Å²) in [4.78, 5) is 25.2. The van der Waals surface area contributed by atoms with Gasteiger partial charge in [-0.15, -0.1) is 5.10 Å². The fourth-order valence-electron chi connectivity index (χ4n) is 6.18. The number of nitrogen functional groups attached to an aromatic ring is 1. The summed E-state index contributed by atoms with van der Waals surface area (Å²) in [5.41, 5.74) is 12.9. The zero-order valence-electron chi connectivity index (χ0n) is 23.4. The molecule has 4 aromatic heterocycles. The molecule has 1 amide bonds. The maximum atomic E-state index is 12.3. The lowest BCUT2D eigenvalue weighted by atomic mass is 10.0. The van der Waals surface area contributed by atoms with E-state index in [9.17, 15) is 4.79 Å². The molecule has 1 aromatic carbocycles. The van der Waals surface area contributed by atoms with Crippen molar-refractivity contribution >= 4 is 22.9 Å². The Bertz CT molecular complexity index is 1730. The number of carbonyl (C=O) groups is 1. The summed E-state index contributed by atoms with van der Waals surface area (Å²) in [7, 11) is 0. The summed E-state index contributed by atoms with van der Waals surface area (Å²) < 4.78 is 9.41. The first kappa shape index (κ1) is 26.1. The third-order valence-corrected chi connectivity index (χ3v) is 8.34. The minimum atomic E-state index is -0.0240. The van der Waals surface area contributed by atoms with Crippen LogP contribution in [0.3, 0.4) is 0 Å². The number of nitrogens with two attached hydrogens (primary N) is 1. The maximum Gasteiger partial charge on any atom is 0.219 e. The van der Waals surface area contributed by atoms with Crippen molar-refractivity contribution in [3.8, 4) is 22.5 Å². The molecule has 12 nitrogen and oxygen atoms in total. The van der Waals surface area contributed by atoms with Crippen molar-refractivity contribution in [2.75, 3.05) is 43.5 Å². The Morgan fingerprint density at radius 3 is 2.74 bits per heavy atom. The van der Waals surface area contributed by atoms with E-state index in [1.54, 1.807) is 19.3 Å². The van der Waals surface area contributed by atoms with Gasteiger partial charge < -0.3 is 20.3 Å². The number of aromatic nitrogens is 7. The highest BCUT2D eigenvalue weighted by Crippen LogP contribution is 2.38. The second-order valence-electron chi connectivity index (χ2n) is 10.8. The van der Waals surface area contributed by atoms with Crippen LogP contribution >= 0.6 is 0 Å². The van der Waals surface area contributed by atoms with E-state index in [1.165, 1.54) is 6.33 Å². The molecule has 0 spiro atoms. The largest absolute Gasteiger partial charge is 0.382 e. The SMILES string of the molecule is CC(=O)N1CCN(c2cccc(-c3cc(-c4cnnn4C4CCOCC4)c4c(N)ncnn34)c2)C(c2cccnc2)C1. The Labute approximate surface area is 242 Å². The minimum Gasteiger partial charge on any atom is -0.382 e. The number of hydrogen-bond donors (Lipinski definition) is 1. The molecule has 2 N–H and O–H groups in total. The van der Waals surface area contributed by atoms with Crippen molar-refractivity contribution < 1.29 is 9.53 Å². The zero-order chi connectivity index (χ0) is 28.6. The fourth-order valence-corrected chi connectivity index (χ4v) is 6.18. The van der Waals surface area contributed by atoms with Crippen LogP contribution in [0.25, 0.3) is 28.0 Å². The van der Waals surface area contributed by atoms with Gasteiger partial charge in [-0.2, -0.15) is 5.10 Å². The van der Waals surface area contributed by atoms with Gasteiger partial charge in [0.2, 0.25) is 5.91 Å². The Morgan fingerprint density at radius 2 is 1.93 bits per heavy atom. The summed E-state index contributed by atoms with van der Waals surface area (Å²) >= 11 is 0. The summed E-state index contributed by atoms with van der Waals surface area (Å²) in [6, 6.07) is 14.7. The molecule has 2 fully saturated rings. The lowest BCUT2D eigenvalue weighted by molar-refractivity contribution is -0.129. The van der Waals surface area contributed by atoms with Crippen molar-refractivity contribution in [3.05, 3.63) is 72.9 Å². The highest BCUT2D eigenvalue weighted by molar-refractivity contribution is 5.91. The van der Waals surface area contributed by atoms with Crippen LogP contribution in [0, 0.1) is 0 Å². The molecule has 2 saturated heterocycles. The molecule has 2 aliphatic rings. The Hall–Kier alpha value is -4.84. The van der Waals surface area contributed by atoms with Crippen LogP contribution in [0.5, 0.6) is 0 Å². The van der Waals surface area contributed by atoms with Crippen molar-refractivity contribution in [3.63, 3.8) is 0 Å². The molecule has 7 rings (SSSR count). The molecule has 5 aromatic rings. The van der Waals surface area contributed by atoms with Crippen LogP contribution < -0.4 is 10.6 Å². The second kappa shape index (κ2) is 10.9. The van der Waals surface area contributed by atoms with Crippen LogP contribution in [0.15, 0.2) is 67.4 Å². The molecular formula is C30H32N10O2. The van der Waals surface area contributed by atoms with E-state index in [4.69, 9.17) is 10.5 Å². The predicted molar refractivity (Wildman–Crippen MR) is 158 cm³/mol. The molecule has 214 valence electrons. The average Bonchev–Trinajstić information content (AvgIpc) is 3.68. The lowest BCUT2D eigenvalue weighted by Gasteiger charge is -2.42. The number of amides is 1. The molecule has 0 saturated carbocycles. The van der Waals surface area contributed by atoms with E-state index >= 15 is 0 Å². The lowest BCUT2D eigenvalue weighted by Crippen LogP contribution is -2.50. The molecule has 1 unspecified atom stereocenters. The van der Waals surface area contributed by atoms with Crippen LogP contribution in [0.2, 0.25) is 0 Å². The summed E-state index contributed by atoms with van der Waals surface area (Å²) in [6.07, 6.45) is 8.66. The summed E-state index contributed by atoms with van der Waals surface area (Å²) in [5.74, 6) is 0.468. The van der Waals surface area contributed by atoms with Crippen molar-refractivity contribution in [1.82, 2.24) is 39.5 Å². The monoisotopic (exact) mass is 564 g/mol. The van der Waals surface area contributed by atoms with Gasteiger partial charge in [0.05, 0.1) is 29.7 Å². The summed E-state index contributed by atoms with van der Waals surface area (Å²) in [5, 5.41) is 13.3. The first-order chi connectivity index (χ1) is 20.6. The van der Waals surface area contributed by atoms with Crippen LogP contribution in [-0.4, -0.2) is 78.2 Å². The Kier molecular flexibility index (Phi) is 6.74. The number of hydrogen-bond acceptors (Lipinski definition) is 9. The summed E-state index contributed by atoms with van der Waals surface area (Å²) in [6.45, 7) is 4.98. The smallest absolute Gasteiger partial charge is 0.219 e. The molecule has 0 aliphatic carbocycles. The molecule has 6 heterocycles. The number of anilines is 2. The number of ether oxygens (including phenoxy) is 1. The van der Waals surface area contributed by atoms with Crippen molar-refractivity contribution in [2.24, 2.45) is 0 Å². The van der Waals surface area contributed by atoms with Crippen LogP contribution in [0.4, 0.5) is 11.5 Å². The van der Waals surface area contributed by atoms with Gasteiger partial charge in [0.25, 0.3) is 0 Å². The number of fused-ring (bicyclic) bond motifs is 1. The predicted octanol–water partition coefficient (Wildman–Crippen LogP) is 3.39. The van der Waals surface area contributed by atoms with Gasteiger partial charge >= 0.3 is 0 Å². The van der Waals surface area contributed by atoms with E-state index in [0.717, 1.165) is 52.1 Å². The number of benzene rings is 1. The molecule has 0 radical (unpaired) electrons. The van der Waals surface area contributed by atoms with Crippen LogP contribution in [-0.2, 0) is 9.53 Å². The number of piperazine rings is 1. The van der Waals surface area contributed by atoms with E-state index in [1.807, 2.05) is 26.4 Å². The molecular weight excluding hydrogens is 532 g/mol. The van der Waals surface area contributed by atoms with Gasteiger partial charge in [0, 0.05) is 69.0 Å². The highest BCUT2D eigenvalue weighted by Gasteiger charge is 2.30. The van der Waals surface area contributed by atoms with Gasteiger partial charge in [-0.05, 0) is 42.7 Å². The highest BCUT2D eigenvalue weighted by atomic mass is 16.5. The van der Waals surface area contributed by atoms with Gasteiger partial charge in [-0.1, -0.05) is 23.4 Å². The fraction of sp³-hybridized carbons (Fsp3) is 0.333. The van der Waals surface area contributed by atoms with E-state index in [2.05, 4.69) is 66.7 Å². The van der Waals surface area contributed by atoms with Crippen LogP contribution in [0.1, 0.15) is 37.4 Å². The van der Waals surface area contributed by atoms with Crippen molar-refractivity contribution in [2.45, 2.75) is 31.8 Å². The second-order valence-corrected chi connectivity index (χ2v) is 10.8. The maximum absolute atomic E-state index is 12.3. The molecule has 1 atom stereocenters. The third-order valence-electron chi connectivity index (χ3n) is 8.34. The number of nitrogens with zero attached hydrogens (tertiary/aromatic N) is 9. The average molecular weight is 565 g/mol. The van der Waals surface area contributed by atoms with E-state index in [0.29, 0.717) is 38.7 Å². The van der Waals surface area contributed by atoms with Crippen molar-refractivity contribution in [1.29, 1.82) is 0 Å². The standard InChI is InChI=1S/C30H32N10O2/c1-20(41)37-10-11-38(28(18-37)22-5-3-9-32-16-22)24-6-2-4-21(14-24)26-15-25(29-30(31)33-19-35-40(26)29)27-17-34-36-39(27)23-7-12-42-13-8-23/h2-6,9,14-17,19,23,28H,7-8,10-13,18H2,1H3,(H2,31,33,35). The number of carbonyl (C=O) groups excluding carboxylic acids is 1. The Morgan fingerprint density at radius 1 is 1.05 bits per heavy atom. The number of pyridine rings is 1. The molecule has 2 aliphatic heterocycles. The third kappa shape index (κ3) is 4.63. The molecule has 0 bridgehead atoms. The zero-order valence-corrected chi connectivity index (χ0v) is 23.4. The van der Waals surface area contributed by atoms with E-state index < -0.39 is 0 Å². The Balaban J connectivity index is 1.31. The minimum absolute atomic E-state index is 0.0240. The number of rotatable bonds is 5. The molecule has 42 heavy (non-hydrogen) atoms. The van der Waals surface area contributed by atoms with Gasteiger partial charge in [-0.25, -0.2) is 14.2 Å². The quantitative estimate of drug-likeness (QED) is 0.341. The first-order valence-electron chi connectivity index (χ1n) is 14.2. The van der Waals surface area contributed by atoms with Gasteiger partial charge in [0.1, 0.15) is 11.8 Å². The van der Waals surface area contributed by atoms with Gasteiger partial charge in [0.15, 0.2) is 5.82 Å². The first-order valence-corrected chi connectivity index (χ1v) is 14.2.